The van der Waals surface area contributed by atoms with E-state index in [9.17, 15) is 14.4 Å². The Balaban J connectivity index is 1.88. The summed E-state index contributed by atoms with van der Waals surface area (Å²) < 4.78 is 4.61. The third kappa shape index (κ3) is 1.62. The molecule has 1 aliphatic carbocycles. The number of hydrogen-bond donors (Lipinski definition) is 0. The first-order valence-electron chi connectivity index (χ1n) is 5.30. The van der Waals surface area contributed by atoms with Crippen molar-refractivity contribution in [3.8, 4) is 0 Å². The summed E-state index contributed by atoms with van der Waals surface area (Å²) in [6, 6.07) is 0.0439. The lowest BCUT2D eigenvalue weighted by Crippen LogP contribution is -2.61. The molecule has 2 amide bonds. The lowest BCUT2D eigenvalue weighted by Gasteiger charge is -2.41. The summed E-state index contributed by atoms with van der Waals surface area (Å²) >= 11 is 0. The van der Waals surface area contributed by atoms with Gasteiger partial charge in [-0.2, -0.15) is 0 Å². The van der Waals surface area contributed by atoms with Crippen molar-refractivity contribution in [1.29, 1.82) is 0 Å². The van der Waals surface area contributed by atoms with Gasteiger partial charge in [0.15, 0.2) is 6.61 Å². The Bertz CT molecular complexity index is 363. The van der Waals surface area contributed by atoms with Crippen LogP contribution in [0.25, 0.3) is 0 Å². The van der Waals surface area contributed by atoms with Crippen LogP contribution in [0.3, 0.4) is 0 Å². The first-order chi connectivity index (χ1) is 7.65. The van der Waals surface area contributed by atoms with Crippen molar-refractivity contribution in [1.82, 2.24) is 4.90 Å². The zero-order valence-corrected chi connectivity index (χ0v) is 8.85. The maximum absolute atomic E-state index is 11.6. The van der Waals surface area contributed by atoms with Gasteiger partial charge in [-0.25, -0.2) is 4.79 Å². The van der Waals surface area contributed by atoms with Crippen LogP contribution in [-0.4, -0.2) is 35.3 Å². The second-order valence-corrected chi connectivity index (χ2v) is 4.02. The van der Waals surface area contributed by atoms with E-state index in [1.54, 1.807) is 0 Å². The number of carbonyl (C=O) groups is 3. The molecule has 0 aromatic carbocycles. The Labute approximate surface area is 93.0 Å². The van der Waals surface area contributed by atoms with Crippen LogP contribution in [0.2, 0.25) is 0 Å². The standard InChI is InChI=1S/C11H13NO4/c1-2-10(14)16-6-9(13)12-8-5-3-4-7(8)11(12)15/h2,7-8H,1,3-6H2. The van der Waals surface area contributed by atoms with E-state index in [4.69, 9.17) is 0 Å². The molecule has 0 radical (unpaired) electrons. The number of esters is 1. The molecular formula is C11H13NO4. The highest BCUT2D eigenvalue weighted by molar-refractivity contribution is 6.03. The summed E-state index contributed by atoms with van der Waals surface area (Å²) in [5.74, 6) is -1.17. The van der Waals surface area contributed by atoms with Gasteiger partial charge in [-0.05, 0) is 12.8 Å². The average molecular weight is 223 g/mol. The van der Waals surface area contributed by atoms with E-state index in [0.29, 0.717) is 0 Å². The number of likely N-dealkylation sites (tertiary alicyclic amines) is 1. The number of rotatable bonds is 3. The van der Waals surface area contributed by atoms with Crippen molar-refractivity contribution in [2.24, 2.45) is 5.92 Å². The number of ether oxygens (including phenoxy) is 1. The zero-order valence-electron chi connectivity index (χ0n) is 8.85. The monoisotopic (exact) mass is 223 g/mol. The normalized spacial score (nSPS) is 27.0. The molecule has 2 aliphatic rings. The van der Waals surface area contributed by atoms with E-state index in [1.807, 2.05) is 0 Å². The van der Waals surface area contributed by atoms with Crippen molar-refractivity contribution in [3.05, 3.63) is 12.7 Å². The number of nitrogens with zero attached hydrogens (tertiary/aromatic N) is 1. The topological polar surface area (TPSA) is 63.7 Å². The van der Waals surface area contributed by atoms with Gasteiger partial charge in [0.05, 0.1) is 12.0 Å². The highest BCUT2D eigenvalue weighted by atomic mass is 16.5. The molecule has 2 rings (SSSR count). The Morgan fingerprint density at radius 2 is 2.25 bits per heavy atom. The predicted octanol–water partition coefficient (Wildman–Crippen LogP) is 0.253. The van der Waals surface area contributed by atoms with Gasteiger partial charge in [-0.15, -0.1) is 0 Å². The van der Waals surface area contributed by atoms with Crippen molar-refractivity contribution < 1.29 is 19.1 Å². The van der Waals surface area contributed by atoms with E-state index in [2.05, 4.69) is 11.3 Å². The van der Waals surface area contributed by atoms with Crippen LogP contribution in [0.1, 0.15) is 19.3 Å². The maximum Gasteiger partial charge on any atom is 0.330 e. The van der Waals surface area contributed by atoms with Gasteiger partial charge in [-0.3, -0.25) is 14.5 Å². The smallest absolute Gasteiger partial charge is 0.330 e. The van der Waals surface area contributed by atoms with E-state index in [0.717, 1.165) is 25.3 Å². The molecule has 1 saturated heterocycles. The molecule has 1 heterocycles. The Morgan fingerprint density at radius 1 is 1.50 bits per heavy atom. The largest absolute Gasteiger partial charge is 0.452 e. The van der Waals surface area contributed by atoms with Crippen LogP contribution in [0.5, 0.6) is 0 Å². The van der Waals surface area contributed by atoms with Crippen molar-refractivity contribution in [2.45, 2.75) is 25.3 Å². The van der Waals surface area contributed by atoms with Gasteiger partial charge in [0.2, 0.25) is 5.91 Å². The number of fused-ring (bicyclic) bond motifs is 1. The van der Waals surface area contributed by atoms with Crippen molar-refractivity contribution in [3.63, 3.8) is 0 Å². The molecule has 1 saturated carbocycles. The predicted molar refractivity (Wildman–Crippen MR) is 54.1 cm³/mol. The molecule has 2 atom stereocenters. The van der Waals surface area contributed by atoms with Crippen molar-refractivity contribution in [2.75, 3.05) is 6.61 Å². The molecular weight excluding hydrogens is 210 g/mol. The fourth-order valence-corrected chi connectivity index (χ4v) is 2.37. The molecule has 16 heavy (non-hydrogen) atoms. The Hall–Kier alpha value is -1.65. The minimum Gasteiger partial charge on any atom is -0.452 e. The molecule has 2 unspecified atom stereocenters. The fraction of sp³-hybridized carbons (Fsp3) is 0.545. The van der Waals surface area contributed by atoms with E-state index in [-0.39, 0.29) is 24.5 Å². The summed E-state index contributed by atoms with van der Waals surface area (Å²) in [6.45, 7) is 2.84. The third-order valence-electron chi connectivity index (χ3n) is 3.14. The molecule has 0 bridgehead atoms. The summed E-state index contributed by atoms with van der Waals surface area (Å²) in [7, 11) is 0. The van der Waals surface area contributed by atoms with Gasteiger partial charge >= 0.3 is 5.97 Å². The summed E-state index contributed by atoms with van der Waals surface area (Å²) in [6.07, 6.45) is 3.72. The maximum atomic E-state index is 11.6. The molecule has 0 spiro atoms. The number of amides is 2. The number of carbonyl (C=O) groups excluding carboxylic acids is 3. The average Bonchev–Trinajstić information content (AvgIpc) is 2.69. The molecule has 5 nitrogen and oxygen atoms in total. The van der Waals surface area contributed by atoms with Crippen LogP contribution in [0.15, 0.2) is 12.7 Å². The number of imide groups is 1. The van der Waals surface area contributed by atoms with E-state index < -0.39 is 11.9 Å². The van der Waals surface area contributed by atoms with E-state index >= 15 is 0 Å². The SMILES string of the molecule is C=CC(=O)OCC(=O)N1C(=O)C2CCCC21. The summed E-state index contributed by atoms with van der Waals surface area (Å²) in [5.41, 5.74) is 0. The van der Waals surface area contributed by atoms with Gasteiger partial charge < -0.3 is 4.74 Å². The van der Waals surface area contributed by atoms with Crippen LogP contribution >= 0.6 is 0 Å². The zero-order chi connectivity index (χ0) is 11.7. The molecule has 86 valence electrons. The van der Waals surface area contributed by atoms with Gasteiger partial charge in [-0.1, -0.05) is 13.0 Å². The van der Waals surface area contributed by atoms with Crippen LogP contribution in [0.4, 0.5) is 0 Å². The quantitative estimate of drug-likeness (QED) is 0.391. The van der Waals surface area contributed by atoms with Gasteiger partial charge in [0.25, 0.3) is 5.91 Å². The Morgan fingerprint density at radius 3 is 2.94 bits per heavy atom. The van der Waals surface area contributed by atoms with E-state index in [1.165, 1.54) is 4.90 Å². The molecule has 0 aromatic rings. The molecule has 0 aromatic heterocycles. The van der Waals surface area contributed by atoms with Crippen LogP contribution in [-0.2, 0) is 19.1 Å². The highest BCUT2D eigenvalue weighted by Gasteiger charge is 2.52. The molecule has 0 N–H and O–H groups in total. The number of hydrogen-bond acceptors (Lipinski definition) is 4. The Kier molecular flexibility index (Phi) is 2.77. The summed E-state index contributed by atoms with van der Waals surface area (Å²) in [4.78, 5) is 35.1. The first-order valence-corrected chi connectivity index (χ1v) is 5.30. The number of β-lactam (4-membered cyclic amide) rings is 1. The molecule has 5 heteroatoms. The van der Waals surface area contributed by atoms with Crippen LogP contribution < -0.4 is 0 Å². The fourth-order valence-electron chi connectivity index (χ4n) is 2.37. The summed E-state index contributed by atoms with van der Waals surface area (Å²) in [5, 5.41) is 0. The van der Waals surface area contributed by atoms with Gasteiger partial charge in [0.1, 0.15) is 0 Å². The van der Waals surface area contributed by atoms with Gasteiger partial charge in [0, 0.05) is 6.08 Å². The highest BCUT2D eigenvalue weighted by Crippen LogP contribution is 2.39. The van der Waals surface area contributed by atoms with Crippen molar-refractivity contribution >= 4 is 17.8 Å². The van der Waals surface area contributed by atoms with Crippen LogP contribution in [0, 0.1) is 5.92 Å². The lowest BCUT2D eigenvalue weighted by atomic mass is 9.90. The minimum absolute atomic E-state index is 0.0269. The lowest BCUT2D eigenvalue weighted by molar-refractivity contribution is -0.168. The second-order valence-electron chi connectivity index (χ2n) is 4.02. The minimum atomic E-state index is -0.649. The molecule has 1 aliphatic heterocycles. The molecule has 2 fully saturated rings. The second kappa shape index (κ2) is 4.08. The first kappa shape index (κ1) is 10.9. The third-order valence-corrected chi connectivity index (χ3v) is 3.14.